The Morgan fingerprint density at radius 1 is 1.47 bits per heavy atom. The zero-order valence-electron chi connectivity index (χ0n) is 9.90. The molecule has 0 heterocycles. The minimum Gasteiger partial charge on any atom is -0.409 e. The Morgan fingerprint density at radius 3 is 2.33 bits per heavy atom. The fraction of sp³-hybridized carbons (Fsp3) is 0.800. The third-order valence-electron chi connectivity index (χ3n) is 2.68. The Labute approximate surface area is 90.9 Å². The highest BCUT2D eigenvalue weighted by Gasteiger charge is 2.25. The Morgan fingerprint density at radius 2 is 2.00 bits per heavy atom. The van der Waals surface area contributed by atoms with Gasteiger partial charge in [-0.1, -0.05) is 12.1 Å². The Kier molecular flexibility index (Phi) is 5.74. The molecule has 2 unspecified atom stereocenters. The molecule has 5 nitrogen and oxygen atoms in total. The van der Waals surface area contributed by atoms with Gasteiger partial charge in [0, 0.05) is 12.6 Å². The van der Waals surface area contributed by atoms with Gasteiger partial charge >= 0.3 is 0 Å². The van der Waals surface area contributed by atoms with Crippen molar-refractivity contribution in [3.05, 3.63) is 0 Å². The number of hydrogen-bond donors (Lipinski definition) is 2. The van der Waals surface area contributed by atoms with Crippen molar-refractivity contribution < 1.29 is 10.0 Å². The van der Waals surface area contributed by atoms with Crippen molar-refractivity contribution in [2.75, 3.05) is 6.54 Å². The lowest BCUT2D eigenvalue weighted by atomic mass is 10.1. The molecule has 0 aromatic rings. The first-order valence-electron chi connectivity index (χ1n) is 5.27. The number of carbonyl (C=O) groups excluding carboxylic acids is 1. The van der Waals surface area contributed by atoms with Gasteiger partial charge in [-0.25, -0.2) is 0 Å². The van der Waals surface area contributed by atoms with Crippen molar-refractivity contribution in [2.45, 2.75) is 40.2 Å². The molecule has 0 radical (unpaired) electrons. The SMILES string of the molecule is CCC(C)N(CC)C(=O)C(C)C(N)=NO. The van der Waals surface area contributed by atoms with Gasteiger partial charge in [0.1, 0.15) is 0 Å². The van der Waals surface area contributed by atoms with Gasteiger partial charge in [-0.05, 0) is 27.2 Å². The van der Waals surface area contributed by atoms with E-state index in [2.05, 4.69) is 5.16 Å². The first kappa shape index (κ1) is 13.7. The van der Waals surface area contributed by atoms with Crippen LogP contribution in [0.3, 0.4) is 0 Å². The zero-order valence-corrected chi connectivity index (χ0v) is 9.90. The molecule has 2 atom stereocenters. The first-order chi connectivity index (χ1) is 6.99. The summed E-state index contributed by atoms with van der Waals surface area (Å²) < 4.78 is 0. The fourth-order valence-electron chi connectivity index (χ4n) is 1.37. The molecule has 5 heteroatoms. The van der Waals surface area contributed by atoms with Gasteiger partial charge in [-0.15, -0.1) is 0 Å². The second-order valence-corrected chi connectivity index (χ2v) is 3.63. The maximum Gasteiger partial charge on any atom is 0.233 e. The Bertz CT molecular complexity index is 241. The molecule has 0 aliphatic carbocycles. The van der Waals surface area contributed by atoms with Crippen LogP contribution in [-0.4, -0.2) is 34.4 Å². The maximum absolute atomic E-state index is 11.9. The average molecular weight is 215 g/mol. The van der Waals surface area contributed by atoms with E-state index in [0.717, 1.165) is 6.42 Å². The van der Waals surface area contributed by atoms with Crippen LogP contribution in [-0.2, 0) is 4.79 Å². The summed E-state index contributed by atoms with van der Waals surface area (Å²) >= 11 is 0. The fourth-order valence-corrected chi connectivity index (χ4v) is 1.37. The smallest absolute Gasteiger partial charge is 0.233 e. The van der Waals surface area contributed by atoms with Crippen LogP contribution in [0.4, 0.5) is 0 Å². The number of nitrogens with two attached hydrogens (primary N) is 1. The molecule has 0 fully saturated rings. The van der Waals surface area contributed by atoms with Gasteiger partial charge in [0.05, 0.1) is 5.92 Å². The van der Waals surface area contributed by atoms with Crippen LogP contribution in [0.25, 0.3) is 0 Å². The van der Waals surface area contributed by atoms with Crippen LogP contribution < -0.4 is 5.73 Å². The van der Waals surface area contributed by atoms with E-state index in [1.807, 2.05) is 20.8 Å². The van der Waals surface area contributed by atoms with E-state index in [4.69, 9.17) is 10.9 Å². The Hall–Kier alpha value is -1.26. The highest BCUT2D eigenvalue weighted by molar-refractivity contribution is 6.01. The summed E-state index contributed by atoms with van der Waals surface area (Å²) in [4.78, 5) is 13.7. The molecule has 15 heavy (non-hydrogen) atoms. The molecule has 0 bridgehead atoms. The lowest BCUT2D eigenvalue weighted by Crippen LogP contribution is -2.44. The van der Waals surface area contributed by atoms with Crippen molar-refractivity contribution >= 4 is 11.7 Å². The largest absolute Gasteiger partial charge is 0.409 e. The third-order valence-corrected chi connectivity index (χ3v) is 2.68. The van der Waals surface area contributed by atoms with Gasteiger partial charge in [-0.2, -0.15) is 0 Å². The first-order valence-corrected chi connectivity index (χ1v) is 5.27. The van der Waals surface area contributed by atoms with Crippen molar-refractivity contribution in [1.82, 2.24) is 4.90 Å². The minimum atomic E-state index is -0.566. The highest BCUT2D eigenvalue weighted by atomic mass is 16.4. The Balaban J connectivity index is 4.65. The van der Waals surface area contributed by atoms with Gasteiger partial charge in [-0.3, -0.25) is 4.79 Å². The molecule has 3 N–H and O–H groups in total. The van der Waals surface area contributed by atoms with Gasteiger partial charge < -0.3 is 15.8 Å². The number of amidine groups is 1. The second kappa shape index (κ2) is 6.27. The predicted molar refractivity (Wildman–Crippen MR) is 59.7 cm³/mol. The van der Waals surface area contributed by atoms with Crippen LogP contribution in [0.1, 0.15) is 34.1 Å². The highest BCUT2D eigenvalue weighted by Crippen LogP contribution is 2.09. The number of rotatable bonds is 5. The number of carbonyl (C=O) groups is 1. The van der Waals surface area contributed by atoms with Crippen molar-refractivity contribution in [3.63, 3.8) is 0 Å². The van der Waals surface area contributed by atoms with Crippen LogP contribution in [0, 0.1) is 5.92 Å². The topological polar surface area (TPSA) is 78.9 Å². The van der Waals surface area contributed by atoms with Crippen molar-refractivity contribution in [2.24, 2.45) is 16.8 Å². The van der Waals surface area contributed by atoms with Crippen LogP contribution >= 0.6 is 0 Å². The minimum absolute atomic E-state index is 0.0400. The monoisotopic (exact) mass is 215 g/mol. The summed E-state index contributed by atoms with van der Waals surface area (Å²) in [6, 6.07) is 0.177. The van der Waals surface area contributed by atoms with Crippen LogP contribution in [0.5, 0.6) is 0 Å². The molecular formula is C10H21N3O2. The lowest BCUT2D eigenvalue weighted by molar-refractivity contribution is -0.134. The molecule has 0 aromatic carbocycles. The van der Waals surface area contributed by atoms with E-state index in [1.165, 1.54) is 0 Å². The standard InChI is InChI=1S/C10H21N3O2/c1-5-7(3)13(6-2)10(14)8(4)9(11)12-15/h7-8,15H,5-6H2,1-4H3,(H2,11,12). The summed E-state index contributed by atoms with van der Waals surface area (Å²) in [5, 5.41) is 11.4. The number of amides is 1. The number of nitrogens with zero attached hydrogens (tertiary/aromatic N) is 2. The van der Waals surface area contributed by atoms with E-state index in [9.17, 15) is 4.79 Å². The third kappa shape index (κ3) is 3.42. The normalized spacial score (nSPS) is 15.9. The molecular weight excluding hydrogens is 194 g/mol. The molecule has 1 amide bonds. The van der Waals surface area contributed by atoms with E-state index in [-0.39, 0.29) is 17.8 Å². The van der Waals surface area contributed by atoms with Gasteiger partial charge in [0.2, 0.25) is 5.91 Å². The number of oxime groups is 1. The predicted octanol–water partition coefficient (Wildman–Crippen LogP) is 1.02. The second-order valence-electron chi connectivity index (χ2n) is 3.63. The average Bonchev–Trinajstić information content (AvgIpc) is 2.27. The summed E-state index contributed by atoms with van der Waals surface area (Å²) in [6.45, 7) is 8.21. The maximum atomic E-state index is 11.9. The van der Waals surface area contributed by atoms with E-state index in [1.54, 1.807) is 11.8 Å². The van der Waals surface area contributed by atoms with E-state index >= 15 is 0 Å². The molecule has 0 aliphatic rings. The summed E-state index contributed by atoms with van der Waals surface area (Å²) in [7, 11) is 0. The van der Waals surface area contributed by atoms with Crippen molar-refractivity contribution in [3.8, 4) is 0 Å². The van der Waals surface area contributed by atoms with Crippen LogP contribution in [0.2, 0.25) is 0 Å². The molecule has 0 aromatic heterocycles. The van der Waals surface area contributed by atoms with Crippen molar-refractivity contribution in [1.29, 1.82) is 0 Å². The molecule has 0 rings (SSSR count). The van der Waals surface area contributed by atoms with Gasteiger partial charge in [0.15, 0.2) is 5.84 Å². The molecule has 0 spiro atoms. The summed E-state index contributed by atoms with van der Waals surface area (Å²) in [6.07, 6.45) is 0.891. The van der Waals surface area contributed by atoms with Gasteiger partial charge in [0.25, 0.3) is 0 Å². The molecule has 88 valence electrons. The zero-order chi connectivity index (χ0) is 12.0. The molecule has 0 saturated carbocycles. The molecule has 0 saturated heterocycles. The summed E-state index contributed by atoms with van der Waals surface area (Å²) in [5.41, 5.74) is 5.40. The van der Waals surface area contributed by atoms with E-state index in [0.29, 0.717) is 6.54 Å². The van der Waals surface area contributed by atoms with Crippen LogP contribution in [0.15, 0.2) is 5.16 Å². The summed E-state index contributed by atoms with van der Waals surface area (Å²) in [5.74, 6) is -0.701. The molecule has 0 aliphatic heterocycles. The quantitative estimate of drug-likeness (QED) is 0.311. The lowest BCUT2D eigenvalue weighted by Gasteiger charge is -2.29. The number of hydrogen-bond acceptors (Lipinski definition) is 3. The van der Waals surface area contributed by atoms with E-state index < -0.39 is 5.92 Å².